The minimum absolute atomic E-state index is 0.158. The molecule has 4 aliphatic rings. The van der Waals surface area contributed by atoms with E-state index in [1.165, 1.54) is 0 Å². The van der Waals surface area contributed by atoms with Gasteiger partial charge in [0.05, 0.1) is 39.6 Å². The summed E-state index contributed by atoms with van der Waals surface area (Å²) in [6, 6.07) is 29.1. The first-order valence-corrected chi connectivity index (χ1v) is 20.7. The maximum absolute atomic E-state index is 14.1. The number of benzene rings is 3. The van der Waals surface area contributed by atoms with E-state index in [0.717, 1.165) is 16.7 Å². The Morgan fingerprint density at radius 3 is 0.933 bits per heavy atom. The lowest BCUT2D eigenvalue weighted by molar-refractivity contribution is -0.199. The Kier molecular flexibility index (Phi) is 15.1. The molecule has 3 aromatic carbocycles. The van der Waals surface area contributed by atoms with Crippen molar-refractivity contribution in [3.63, 3.8) is 0 Å². The number of cyclic esters (lactones) is 3. The Labute approximate surface area is 351 Å². The van der Waals surface area contributed by atoms with Gasteiger partial charge in [0.25, 0.3) is 0 Å². The Balaban J connectivity index is 1.13. The topological polar surface area (TPSA) is 134 Å². The summed E-state index contributed by atoms with van der Waals surface area (Å²) in [5.74, 6) is -3.51. The standard InChI is InChI=1S/C48H54O12/c1-31-40-22-19-37(28-52-25-34-13-7-4-8-14-34)44(58-40)47(50)56-33(3)42-24-21-39(30-54-27-36-17-11-6-12-18-36)45(60-42)48(51)57-32(2)41-23-20-38(43(59-41)46(49)55-31)29-53-26-35-15-9-5-10-16-35/h4-24,31-33,37-45H,25-30H2,1-3H3/t31-,32-,33-,37-,38-,39-,40+,41+,42+,43-,44-,45-/m0/s1. The van der Waals surface area contributed by atoms with Gasteiger partial charge in [0, 0.05) is 17.8 Å². The summed E-state index contributed by atoms with van der Waals surface area (Å²) in [5, 5.41) is 0. The van der Waals surface area contributed by atoms with Gasteiger partial charge in [-0.2, -0.15) is 0 Å². The lowest BCUT2D eigenvalue weighted by Gasteiger charge is -2.38. The molecule has 0 saturated carbocycles. The highest BCUT2D eigenvalue weighted by molar-refractivity contribution is 5.78. The van der Waals surface area contributed by atoms with Crippen molar-refractivity contribution >= 4 is 17.9 Å². The highest BCUT2D eigenvalue weighted by Crippen LogP contribution is 2.30. The van der Waals surface area contributed by atoms with E-state index in [-0.39, 0.29) is 19.8 Å². The van der Waals surface area contributed by atoms with Crippen LogP contribution in [-0.2, 0) is 76.8 Å². The van der Waals surface area contributed by atoms with E-state index < -0.39 is 90.6 Å². The van der Waals surface area contributed by atoms with E-state index in [2.05, 4.69) is 0 Å². The minimum atomic E-state index is -1.11. The summed E-state index contributed by atoms with van der Waals surface area (Å²) in [7, 11) is 0. The van der Waals surface area contributed by atoms with Crippen molar-refractivity contribution in [1.29, 1.82) is 0 Å². The average molecular weight is 823 g/mol. The van der Waals surface area contributed by atoms with Crippen molar-refractivity contribution in [1.82, 2.24) is 0 Å². The molecule has 4 aliphatic heterocycles. The smallest absolute Gasteiger partial charge is 0.336 e. The van der Waals surface area contributed by atoms with Gasteiger partial charge < -0.3 is 42.6 Å². The number of carbonyl (C=O) groups excluding carboxylic acids is 3. The van der Waals surface area contributed by atoms with E-state index in [9.17, 15) is 14.4 Å². The molecule has 0 spiro atoms. The van der Waals surface area contributed by atoms with E-state index in [0.29, 0.717) is 19.8 Å². The lowest BCUT2D eigenvalue weighted by Crippen LogP contribution is -2.50. The molecule has 6 bridgehead atoms. The van der Waals surface area contributed by atoms with Gasteiger partial charge in [-0.05, 0) is 37.5 Å². The predicted octanol–water partition coefficient (Wildman–Crippen LogP) is 6.26. The van der Waals surface area contributed by atoms with E-state index in [4.69, 9.17) is 42.6 Å². The Bertz CT molecular complexity index is 1710. The fraction of sp³-hybridized carbons (Fsp3) is 0.438. The highest BCUT2D eigenvalue weighted by Gasteiger charge is 2.44. The summed E-state index contributed by atoms with van der Waals surface area (Å²) >= 11 is 0. The molecule has 4 heterocycles. The van der Waals surface area contributed by atoms with Crippen LogP contribution >= 0.6 is 0 Å². The molecule has 12 nitrogen and oxygen atoms in total. The number of rotatable bonds is 12. The number of carbonyl (C=O) groups is 3. The molecule has 12 heteroatoms. The Hall–Kier alpha value is -4.95. The molecule has 12 atom stereocenters. The molecule has 0 aliphatic carbocycles. The van der Waals surface area contributed by atoms with Crippen molar-refractivity contribution in [3.8, 4) is 0 Å². The van der Waals surface area contributed by atoms with Crippen LogP contribution in [-0.4, -0.2) is 92.7 Å². The van der Waals surface area contributed by atoms with Gasteiger partial charge in [-0.1, -0.05) is 127 Å². The maximum Gasteiger partial charge on any atom is 0.336 e. The number of ether oxygens (including phenoxy) is 9. The highest BCUT2D eigenvalue weighted by atomic mass is 16.6. The molecule has 60 heavy (non-hydrogen) atoms. The molecule has 0 radical (unpaired) electrons. The van der Waals surface area contributed by atoms with Gasteiger partial charge in [0.2, 0.25) is 0 Å². The zero-order valence-electron chi connectivity index (χ0n) is 34.2. The zero-order chi connectivity index (χ0) is 41.8. The minimum Gasteiger partial charge on any atom is -0.458 e. The molecule has 1 saturated heterocycles. The quantitative estimate of drug-likeness (QED) is 0.116. The SMILES string of the molecule is C[C@@H]1OC(=O)[C@H]2O[C@H](C=C[C@H]2COCc2ccccc2)[C@H](C)OC(=O)[C@H]2O[C@H](C=C[C@H]2COCc2ccccc2)[C@H](C)OC(=O)[C@H]2O[C@@H]1C=C[C@H]2COCc1ccccc1. The molecule has 0 unspecified atom stereocenters. The van der Waals surface area contributed by atoms with Gasteiger partial charge in [-0.25, -0.2) is 14.4 Å². The van der Waals surface area contributed by atoms with Crippen LogP contribution in [0.5, 0.6) is 0 Å². The fourth-order valence-electron chi connectivity index (χ4n) is 7.54. The van der Waals surface area contributed by atoms with Crippen molar-refractivity contribution in [2.24, 2.45) is 17.8 Å². The second kappa shape index (κ2) is 21.0. The molecular weight excluding hydrogens is 769 g/mol. The molecule has 0 N–H and O–H groups in total. The first kappa shape index (κ1) is 43.1. The fourth-order valence-corrected chi connectivity index (χ4v) is 7.54. The summed E-state index contributed by atoms with van der Waals surface area (Å²) in [5.41, 5.74) is 2.95. The lowest BCUT2D eigenvalue weighted by atomic mass is 9.95. The van der Waals surface area contributed by atoms with Crippen LogP contribution in [0.4, 0.5) is 0 Å². The second-order valence-corrected chi connectivity index (χ2v) is 15.6. The average Bonchev–Trinajstić information content (AvgIpc) is 3.27. The van der Waals surface area contributed by atoms with Gasteiger partial charge >= 0.3 is 17.9 Å². The zero-order valence-corrected chi connectivity index (χ0v) is 34.2. The normalized spacial score (nSPS) is 31.9. The van der Waals surface area contributed by atoms with Crippen LogP contribution < -0.4 is 0 Å². The van der Waals surface area contributed by atoms with Crippen LogP contribution in [0.3, 0.4) is 0 Å². The number of hydrogen-bond acceptors (Lipinski definition) is 12. The predicted molar refractivity (Wildman–Crippen MR) is 219 cm³/mol. The van der Waals surface area contributed by atoms with Crippen LogP contribution in [0.2, 0.25) is 0 Å². The van der Waals surface area contributed by atoms with E-state index >= 15 is 0 Å². The van der Waals surface area contributed by atoms with Crippen LogP contribution in [0.15, 0.2) is 127 Å². The van der Waals surface area contributed by atoms with Crippen LogP contribution in [0, 0.1) is 17.8 Å². The maximum atomic E-state index is 14.1. The van der Waals surface area contributed by atoms with E-state index in [1.54, 1.807) is 39.0 Å². The summed E-state index contributed by atoms with van der Waals surface area (Å²) in [6.07, 6.45) is 2.71. The summed E-state index contributed by atoms with van der Waals surface area (Å²) in [6.45, 7) is 6.57. The first-order chi connectivity index (χ1) is 29.2. The monoisotopic (exact) mass is 822 g/mol. The van der Waals surface area contributed by atoms with Gasteiger partial charge in [0.15, 0.2) is 18.3 Å². The number of fused-ring (bicyclic) bond motifs is 6. The van der Waals surface area contributed by atoms with Gasteiger partial charge in [0.1, 0.15) is 36.6 Å². The molecule has 7 rings (SSSR count). The third-order valence-corrected chi connectivity index (χ3v) is 11.0. The van der Waals surface area contributed by atoms with E-state index in [1.807, 2.05) is 109 Å². The Morgan fingerprint density at radius 1 is 0.400 bits per heavy atom. The third kappa shape index (κ3) is 11.4. The van der Waals surface area contributed by atoms with Crippen molar-refractivity contribution in [2.45, 2.75) is 95.5 Å². The molecule has 0 aromatic heterocycles. The Morgan fingerprint density at radius 2 is 0.667 bits per heavy atom. The molecular formula is C48H54O12. The third-order valence-electron chi connectivity index (χ3n) is 11.0. The summed E-state index contributed by atoms with van der Waals surface area (Å²) < 4.78 is 55.4. The van der Waals surface area contributed by atoms with Gasteiger partial charge in [-0.3, -0.25) is 0 Å². The van der Waals surface area contributed by atoms with Crippen molar-refractivity contribution < 1.29 is 57.0 Å². The molecule has 3 aromatic rings. The largest absolute Gasteiger partial charge is 0.458 e. The first-order valence-electron chi connectivity index (χ1n) is 20.7. The number of hydrogen-bond donors (Lipinski definition) is 0. The van der Waals surface area contributed by atoms with Crippen molar-refractivity contribution in [3.05, 3.63) is 144 Å². The molecule has 0 amide bonds. The van der Waals surface area contributed by atoms with Crippen LogP contribution in [0.25, 0.3) is 0 Å². The molecule has 318 valence electrons. The number of esters is 3. The van der Waals surface area contributed by atoms with Crippen LogP contribution in [0.1, 0.15) is 37.5 Å². The molecule has 1 fully saturated rings. The van der Waals surface area contributed by atoms with Gasteiger partial charge in [-0.15, -0.1) is 0 Å². The second-order valence-electron chi connectivity index (χ2n) is 15.6. The summed E-state index contributed by atoms with van der Waals surface area (Å²) in [4.78, 5) is 42.2. The van der Waals surface area contributed by atoms with Crippen molar-refractivity contribution in [2.75, 3.05) is 19.8 Å².